The number of likely N-dealkylation sites (tertiary alicyclic amines) is 1. The van der Waals surface area contributed by atoms with Gasteiger partial charge in [0.05, 0.1) is 29.8 Å². The molecule has 124 valence electrons. The van der Waals surface area contributed by atoms with Crippen molar-refractivity contribution < 1.29 is 14.3 Å². The van der Waals surface area contributed by atoms with E-state index < -0.39 is 0 Å². The fourth-order valence-electron chi connectivity index (χ4n) is 3.31. The van der Waals surface area contributed by atoms with E-state index >= 15 is 0 Å². The van der Waals surface area contributed by atoms with Crippen LogP contribution in [0.4, 0.5) is 0 Å². The summed E-state index contributed by atoms with van der Waals surface area (Å²) in [5.74, 6) is 0.412. The molecule has 0 saturated carbocycles. The Bertz CT molecular complexity index is 748. The number of hydrogen-bond donors (Lipinski definition) is 0. The summed E-state index contributed by atoms with van der Waals surface area (Å²) >= 11 is 3.52. The maximum atomic E-state index is 12.4. The number of ether oxygens (including phenoxy) is 2. The fourth-order valence-corrected chi connectivity index (χ4v) is 3.81. The average molecular weight is 381 g/mol. The maximum absolute atomic E-state index is 12.4. The second-order valence-electron chi connectivity index (χ2n) is 5.86. The predicted molar refractivity (Wildman–Crippen MR) is 93.0 cm³/mol. The van der Waals surface area contributed by atoms with Crippen molar-refractivity contribution in [1.82, 2.24) is 9.47 Å². The molecule has 0 atom stereocenters. The first kappa shape index (κ1) is 16.3. The molecule has 0 aliphatic carbocycles. The minimum Gasteiger partial charge on any atom is -0.496 e. The third kappa shape index (κ3) is 2.85. The van der Waals surface area contributed by atoms with Gasteiger partial charge in [0.2, 0.25) is 0 Å². The van der Waals surface area contributed by atoms with Gasteiger partial charge >= 0.3 is 5.97 Å². The summed E-state index contributed by atoms with van der Waals surface area (Å²) in [7, 11) is 5.05. The van der Waals surface area contributed by atoms with Gasteiger partial charge < -0.3 is 14.0 Å². The highest BCUT2D eigenvalue weighted by atomic mass is 79.9. The van der Waals surface area contributed by atoms with Crippen LogP contribution in [0.25, 0.3) is 10.9 Å². The van der Waals surface area contributed by atoms with Gasteiger partial charge in [0.25, 0.3) is 0 Å². The van der Waals surface area contributed by atoms with Gasteiger partial charge in [-0.25, -0.2) is 4.79 Å². The number of fused-ring (bicyclic) bond motifs is 1. The summed E-state index contributed by atoms with van der Waals surface area (Å²) in [6.45, 7) is 2.92. The molecule has 2 heterocycles. The zero-order valence-electron chi connectivity index (χ0n) is 13.7. The van der Waals surface area contributed by atoms with Gasteiger partial charge in [-0.1, -0.05) is 0 Å². The molecular formula is C17H21BrN2O3. The second-order valence-corrected chi connectivity index (χ2v) is 6.71. The Labute approximate surface area is 144 Å². The van der Waals surface area contributed by atoms with Crippen molar-refractivity contribution in [3.8, 4) is 5.75 Å². The lowest BCUT2D eigenvalue weighted by Gasteiger charge is -2.16. The normalized spacial score (nSPS) is 15.3. The highest BCUT2D eigenvalue weighted by molar-refractivity contribution is 9.10. The van der Waals surface area contributed by atoms with Gasteiger partial charge in [-0.2, -0.15) is 0 Å². The number of hydrogen-bond acceptors (Lipinski definition) is 4. The van der Waals surface area contributed by atoms with E-state index in [0.717, 1.165) is 40.7 Å². The molecule has 0 amide bonds. The lowest BCUT2D eigenvalue weighted by Crippen LogP contribution is -2.22. The van der Waals surface area contributed by atoms with Crippen molar-refractivity contribution >= 4 is 32.8 Å². The van der Waals surface area contributed by atoms with Gasteiger partial charge in [0, 0.05) is 24.7 Å². The van der Waals surface area contributed by atoms with Crippen LogP contribution in [0.1, 0.15) is 28.9 Å². The molecule has 5 nitrogen and oxygen atoms in total. The van der Waals surface area contributed by atoms with Gasteiger partial charge in [-0.15, -0.1) is 0 Å². The molecule has 2 aromatic rings. The maximum Gasteiger partial charge on any atom is 0.340 e. The SMILES string of the molecule is COC(=O)c1c(CN2CCCC2)n(C)c2cc(Br)c(OC)cc12. The Morgan fingerprint density at radius 1 is 1.26 bits per heavy atom. The molecule has 1 aromatic carbocycles. The number of aryl methyl sites for hydroxylation is 1. The van der Waals surface area contributed by atoms with Gasteiger partial charge in [-0.05, 0) is 54.0 Å². The zero-order chi connectivity index (χ0) is 16.6. The van der Waals surface area contributed by atoms with Crippen molar-refractivity contribution in [2.75, 3.05) is 27.3 Å². The summed E-state index contributed by atoms with van der Waals surface area (Å²) in [6, 6.07) is 3.90. The first-order valence-corrected chi connectivity index (χ1v) is 8.51. The third-order valence-electron chi connectivity index (χ3n) is 4.56. The number of carbonyl (C=O) groups excluding carboxylic acids is 1. The van der Waals surface area contributed by atoms with Gasteiger partial charge in [-0.3, -0.25) is 4.90 Å². The van der Waals surface area contributed by atoms with E-state index in [2.05, 4.69) is 25.4 Å². The van der Waals surface area contributed by atoms with Gasteiger partial charge in [0.1, 0.15) is 5.75 Å². The summed E-state index contributed by atoms with van der Waals surface area (Å²) in [5.41, 5.74) is 2.63. The molecule has 0 bridgehead atoms. The molecule has 0 N–H and O–H groups in total. The predicted octanol–water partition coefficient (Wildman–Crippen LogP) is 3.33. The number of aromatic nitrogens is 1. The van der Waals surface area contributed by atoms with Crippen LogP contribution in [0.5, 0.6) is 5.75 Å². The largest absolute Gasteiger partial charge is 0.496 e. The quantitative estimate of drug-likeness (QED) is 0.763. The lowest BCUT2D eigenvalue weighted by molar-refractivity contribution is 0.0600. The van der Waals surface area contributed by atoms with Crippen LogP contribution >= 0.6 is 15.9 Å². The smallest absolute Gasteiger partial charge is 0.340 e. The minimum atomic E-state index is -0.297. The van der Waals surface area contributed by atoms with Crippen LogP contribution in [0.2, 0.25) is 0 Å². The average Bonchev–Trinajstić information content (AvgIpc) is 3.15. The monoisotopic (exact) mass is 380 g/mol. The number of carbonyl (C=O) groups is 1. The van der Waals surface area contributed by atoms with Crippen molar-refractivity contribution in [1.29, 1.82) is 0 Å². The van der Waals surface area contributed by atoms with E-state index in [1.807, 2.05) is 19.2 Å². The Morgan fingerprint density at radius 2 is 1.96 bits per heavy atom. The highest BCUT2D eigenvalue weighted by Gasteiger charge is 2.25. The van der Waals surface area contributed by atoms with Crippen LogP contribution in [0, 0.1) is 0 Å². The number of esters is 1. The number of rotatable bonds is 4. The molecule has 1 aliphatic rings. The van der Waals surface area contributed by atoms with E-state index in [-0.39, 0.29) is 5.97 Å². The first-order chi connectivity index (χ1) is 11.1. The number of methoxy groups -OCH3 is 2. The molecule has 1 aliphatic heterocycles. The van der Waals surface area contributed by atoms with Crippen molar-refractivity contribution in [2.45, 2.75) is 19.4 Å². The molecule has 23 heavy (non-hydrogen) atoms. The van der Waals surface area contributed by atoms with Crippen LogP contribution < -0.4 is 4.74 Å². The lowest BCUT2D eigenvalue weighted by atomic mass is 10.1. The number of benzene rings is 1. The van der Waals surface area contributed by atoms with Crippen LogP contribution in [0.15, 0.2) is 16.6 Å². The molecule has 3 rings (SSSR count). The summed E-state index contributed by atoms with van der Waals surface area (Å²) < 4.78 is 13.4. The molecule has 0 unspecified atom stereocenters. The Kier molecular flexibility index (Phi) is 4.64. The highest BCUT2D eigenvalue weighted by Crippen LogP contribution is 2.35. The zero-order valence-corrected chi connectivity index (χ0v) is 15.3. The first-order valence-electron chi connectivity index (χ1n) is 7.72. The number of halogens is 1. The van der Waals surface area contributed by atoms with E-state index in [0.29, 0.717) is 11.3 Å². The molecular weight excluding hydrogens is 360 g/mol. The summed E-state index contributed by atoms with van der Waals surface area (Å²) in [4.78, 5) is 14.8. The molecule has 0 radical (unpaired) electrons. The van der Waals surface area contributed by atoms with Crippen molar-refractivity contribution in [3.05, 3.63) is 27.9 Å². The third-order valence-corrected chi connectivity index (χ3v) is 5.18. The Balaban J connectivity index is 2.19. The van der Waals surface area contributed by atoms with Crippen molar-refractivity contribution in [3.63, 3.8) is 0 Å². The Hall–Kier alpha value is -1.53. The molecule has 1 fully saturated rings. The topological polar surface area (TPSA) is 43.7 Å². The second kappa shape index (κ2) is 6.53. The standard InChI is InChI=1S/C17H21BrN2O3/c1-19-13-9-12(18)15(22-2)8-11(13)16(17(21)23-3)14(19)10-20-6-4-5-7-20/h8-9H,4-7,10H2,1-3H3. The van der Waals surface area contributed by atoms with E-state index in [4.69, 9.17) is 9.47 Å². The number of nitrogens with zero attached hydrogens (tertiary/aromatic N) is 2. The van der Waals surface area contributed by atoms with Crippen LogP contribution in [0.3, 0.4) is 0 Å². The molecule has 0 spiro atoms. The van der Waals surface area contributed by atoms with Crippen LogP contribution in [-0.4, -0.2) is 42.7 Å². The van der Waals surface area contributed by atoms with Gasteiger partial charge in [0.15, 0.2) is 0 Å². The summed E-state index contributed by atoms with van der Waals surface area (Å²) in [6.07, 6.45) is 2.44. The summed E-state index contributed by atoms with van der Waals surface area (Å²) in [5, 5.41) is 0.869. The van der Waals surface area contributed by atoms with Crippen molar-refractivity contribution in [2.24, 2.45) is 7.05 Å². The molecule has 1 aromatic heterocycles. The minimum absolute atomic E-state index is 0.297. The molecule has 6 heteroatoms. The van der Waals surface area contributed by atoms with Crippen LogP contribution in [-0.2, 0) is 18.3 Å². The Morgan fingerprint density at radius 3 is 2.57 bits per heavy atom. The fraction of sp³-hybridized carbons (Fsp3) is 0.471. The van der Waals surface area contributed by atoms with E-state index in [1.165, 1.54) is 20.0 Å². The van der Waals surface area contributed by atoms with E-state index in [1.54, 1.807) is 7.11 Å². The van der Waals surface area contributed by atoms with E-state index in [9.17, 15) is 4.79 Å². The molecule has 1 saturated heterocycles.